The maximum Gasteiger partial charge on any atom is 0.329 e. The van der Waals surface area contributed by atoms with E-state index in [4.69, 9.17) is 5.73 Å². The van der Waals surface area contributed by atoms with Gasteiger partial charge in [-0.25, -0.2) is 4.98 Å². The Hall–Kier alpha value is -2.45. The standard InChI is InChI=1S/C12H20N6O3/c1-4-5-14-12-15-6-8(18(20)21)11(17-12)16-9(7(2)3)10(13)19/h6-7,9H,4-5H2,1-3H3,(H2,13,19)(H2,14,15,16,17). The summed E-state index contributed by atoms with van der Waals surface area (Å²) in [6, 6.07) is -0.752. The fraction of sp³-hybridized carbons (Fsp3) is 0.583. The Morgan fingerprint density at radius 2 is 2.19 bits per heavy atom. The average Bonchev–Trinajstić information content (AvgIpc) is 2.41. The number of rotatable bonds is 8. The summed E-state index contributed by atoms with van der Waals surface area (Å²) in [5.41, 5.74) is 5.00. The summed E-state index contributed by atoms with van der Waals surface area (Å²) in [7, 11) is 0. The lowest BCUT2D eigenvalue weighted by Crippen LogP contribution is -2.40. The van der Waals surface area contributed by atoms with Crippen LogP contribution in [0, 0.1) is 16.0 Å². The number of amides is 1. The van der Waals surface area contributed by atoms with Gasteiger partial charge in [0.2, 0.25) is 17.7 Å². The highest BCUT2D eigenvalue weighted by atomic mass is 16.6. The van der Waals surface area contributed by atoms with Gasteiger partial charge in [-0.05, 0) is 12.3 Å². The molecule has 1 aromatic heterocycles. The van der Waals surface area contributed by atoms with Gasteiger partial charge in [-0.1, -0.05) is 20.8 Å². The maximum atomic E-state index is 11.4. The van der Waals surface area contributed by atoms with Crippen LogP contribution in [0.25, 0.3) is 0 Å². The maximum absolute atomic E-state index is 11.4. The largest absolute Gasteiger partial charge is 0.368 e. The molecule has 1 atom stereocenters. The molecule has 0 spiro atoms. The highest BCUT2D eigenvalue weighted by molar-refractivity contribution is 5.83. The Morgan fingerprint density at radius 3 is 2.67 bits per heavy atom. The number of nitrogens with two attached hydrogens (primary N) is 1. The van der Waals surface area contributed by atoms with E-state index in [1.54, 1.807) is 13.8 Å². The SMILES string of the molecule is CCCNc1ncc([N+](=O)[O-])c(NC(C(N)=O)C(C)C)n1. The van der Waals surface area contributed by atoms with Crippen LogP contribution in [0.4, 0.5) is 17.5 Å². The fourth-order valence-corrected chi connectivity index (χ4v) is 1.65. The molecule has 0 aliphatic carbocycles. The second-order valence-electron chi connectivity index (χ2n) is 4.88. The van der Waals surface area contributed by atoms with Crippen LogP contribution in [0.1, 0.15) is 27.2 Å². The molecule has 1 rings (SSSR count). The number of carbonyl (C=O) groups is 1. The topological polar surface area (TPSA) is 136 Å². The highest BCUT2D eigenvalue weighted by Crippen LogP contribution is 2.24. The monoisotopic (exact) mass is 296 g/mol. The van der Waals surface area contributed by atoms with Crippen molar-refractivity contribution in [1.82, 2.24) is 9.97 Å². The normalized spacial score (nSPS) is 12.0. The summed E-state index contributed by atoms with van der Waals surface area (Å²) < 4.78 is 0. The lowest BCUT2D eigenvalue weighted by Gasteiger charge is -2.19. The third-order valence-electron chi connectivity index (χ3n) is 2.76. The Morgan fingerprint density at radius 1 is 1.52 bits per heavy atom. The van der Waals surface area contributed by atoms with E-state index in [0.29, 0.717) is 6.54 Å². The van der Waals surface area contributed by atoms with Crippen LogP contribution in [0.3, 0.4) is 0 Å². The summed E-state index contributed by atoms with van der Waals surface area (Å²) in [4.78, 5) is 29.8. The van der Waals surface area contributed by atoms with Gasteiger partial charge in [-0.15, -0.1) is 0 Å². The van der Waals surface area contributed by atoms with Crippen molar-refractivity contribution >= 4 is 23.4 Å². The molecule has 9 nitrogen and oxygen atoms in total. The molecule has 116 valence electrons. The average molecular weight is 296 g/mol. The van der Waals surface area contributed by atoms with Crippen molar-refractivity contribution in [3.63, 3.8) is 0 Å². The zero-order valence-electron chi connectivity index (χ0n) is 12.3. The molecule has 0 saturated carbocycles. The number of nitrogens with zero attached hydrogens (tertiary/aromatic N) is 3. The van der Waals surface area contributed by atoms with E-state index in [1.807, 2.05) is 6.92 Å². The van der Waals surface area contributed by atoms with E-state index in [-0.39, 0.29) is 23.4 Å². The second kappa shape index (κ2) is 7.36. The van der Waals surface area contributed by atoms with Crippen LogP contribution in [0.5, 0.6) is 0 Å². The summed E-state index contributed by atoms with van der Waals surface area (Å²) in [6.07, 6.45) is 1.96. The number of anilines is 2. The first-order chi connectivity index (χ1) is 9.86. The van der Waals surface area contributed by atoms with E-state index < -0.39 is 16.9 Å². The summed E-state index contributed by atoms with van der Waals surface area (Å²) >= 11 is 0. The first kappa shape index (κ1) is 16.6. The molecular weight excluding hydrogens is 276 g/mol. The van der Waals surface area contributed by atoms with Gasteiger partial charge in [0.15, 0.2) is 0 Å². The molecule has 0 saturated heterocycles. The van der Waals surface area contributed by atoms with Crippen molar-refractivity contribution in [2.45, 2.75) is 33.2 Å². The van der Waals surface area contributed by atoms with Gasteiger partial charge >= 0.3 is 5.69 Å². The van der Waals surface area contributed by atoms with Crippen molar-refractivity contribution < 1.29 is 9.72 Å². The van der Waals surface area contributed by atoms with Gasteiger partial charge in [0, 0.05) is 6.54 Å². The van der Waals surface area contributed by atoms with Gasteiger partial charge in [-0.2, -0.15) is 4.98 Å². The molecule has 4 N–H and O–H groups in total. The van der Waals surface area contributed by atoms with Crippen LogP contribution in [-0.4, -0.2) is 33.4 Å². The first-order valence-corrected chi connectivity index (χ1v) is 6.68. The molecule has 0 aliphatic heterocycles. The van der Waals surface area contributed by atoms with E-state index in [1.165, 1.54) is 0 Å². The molecular formula is C12H20N6O3. The molecule has 1 heterocycles. The Labute approximate surface area is 122 Å². The van der Waals surface area contributed by atoms with Crippen LogP contribution in [0.2, 0.25) is 0 Å². The lowest BCUT2D eigenvalue weighted by atomic mass is 10.0. The third-order valence-corrected chi connectivity index (χ3v) is 2.76. The van der Waals surface area contributed by atoms with E-state index >= 15 is 0 Å². The van der Waals surface area contributed by atoms with E-state index in [2.05, 4.69) is 20.6 Å². The summed E-state index contributed by atoms with van der Waals surface area (Å²) in [6.45, 7) is 6.18. The first-order valence-electron chi connectivity index (χ1n) is 6.68. The third kappa shape index (κ3) is 4.55. The molecule has 9 heteroatoms. The van der Waals surface area contributed by atoms with Crippen molar-refractivity contribution in [1.29, 1.82) is 0 Å². The minimum absolute atomic E-state index is 0.0221. The van der Waals surface area contributed by atoms with E-state index in [0.717, 1.165) is 12.6 Å². The van der Waals surface area contributed by atoms with Crippen molar-refractivity contribution in [3.05, 3.63) is 16.3 Å². The quantitative estimate of drug-likeness (QED) is 0.483. The number of nitro groups is 1. The minimum Gasteiger partial charge on any atom is -0.368 e. The zero-order chi connectivity index (χ0) is 16.0. The number of aromatic nitrogens is 2. The fourth-order valence-electron chi connectivity index (χ4n) is 1.65. The van der Waals surface area contributed by atoms with Crippen LogP contribution in [-0.2, 0) is 4.79 Å². The summed E-state index contributed by atoms with van der Waals surface area (Å²) in [5, 5.41) is 16.7. The molecule has 0 bridgehead atoms. The molecule has 1 unspecified atom stereocenters. The van der Waals surface area contributed by atoms with Crippen LogP contribution in [0.15, 0.2) is 6.20 Å². The Bertz CT molecular complexity index is 520. The molecule has 1 aromatic rings. The van der Waals surface area contributed by atoms with Crippen molar-refractivity contribution in [2.75, 3.05) is 17.2 Å². The molecule has 1 amide bonds. The second-order valence-corrected chi connectivity index (χ2v) is 4.88. The van der Waals surface area contributed by atoms with Crippen molar-refractivity contribution in [2.24, 2.45) is 11.7 Å². The lowest BCUT2D eigenvalue weighted by molar-refractivity contribution is -0.384. The van der Waals surface area contributed by atoms with Gasteiger partial charge in [0.25, 0.3) is 0 Å². The van der Waals surface area contributed by atoms with Gasteiger partial charge in [0.1, 0.15) is 12.2 Å². The Balaban J connectivity index is 3.10. The molecule has 0 aliphatic rings. The number of nitrogens with one attached hydrogen (secondary N) is 2. The van der Waals surface area contributed by atoms with Crippen LogP contribution < -0.4 is 16.4 Å². The Kier molecular flexibility index (Phi) is 5.82. The molecule has 0 radical (unpaired) electrons. The number of primary amides is 1. The van der Waals surface area contributed by atoms with Crippen LogP contribution >= 0.6 is 0 Å². The van der Waals surface area contributed by atoms with Gasteiger partial charge in [-0.3, -0.25) is 14.9 Å². The molecule has 21 heavy (non-hydrogen) atoms. The van der Waals surface area contributed by atoms with Crippen molar-refractivity contribution in [3.8, 4) is 0 Å². The molecule has 0 fully saturated rings. The molecule has 0 aromatic carbocycles. The van der Waals surface area contributed by atoms with Gasteiger partial charge in [0.05, 0.1) is 4.92 Å². The number of hydrogen-bond acceptors (Lipinski definition) is 7. The zero-order valence-corrected chi connectivity index (χ0v) is 12.3. The predicted molar refractivity (Wildman–Crippen MR) is 78.9 cm³/mol. The predicted octanol–water partition coefficient (Wildman–Crippen LogP) is 1.13. The van der Waals surface area contributed by atoms with E-state index in [9.17, 15) is 14.9 Å². The highest BCUT2D eigenvalue weighted by Gasteiger charge is 2.25. The summed E-state index contributed by atoms with van der Waals surface area (Å²) in [5.74, 6) is -0.492. The number of carbonyl (C=O) groups excluding carboxylic acids is 1. The number of hydrogen-bond donors (Lipinski definition) is 3. The minimum atomic E-state index is -0.752. The smallest absolute Gasteiger partial charge is 0.329 e. The van der Waals surface area contributed by atoms with Gasteiger partial charge < -0.3 is 16.4 Å².